The third kappa shape index (κ3) is 4.11. The van der Waals surface area contributed by atoms with E-state index in [0.717, 1.165) is 27.8 Å². The molecule has 0 radical (unpaired) electrons. The maximum Gasteiger partial charge on any atom is 0.471 e. The summed E-state index contributed by atoms with van der Waals surface area (Å²) in [4.78, 5) is 22.2. The Bertz CT molecular complexity index is 1250. The van der Waals surface area contributed by atoms with Crippen molar-refractivity contribution in [1.82, 2.24) is 14.8 Å². The Morgan fingerprint density at radius 3 is 2.69 bits per heavy atom. The van der Waals surface area contributed by atoms with Gasteiger partial charge in [-0.3, -0.25) is 9.51 Å². The average Bonchev–Trinajstić information content (AvgIpc) is 3.10. The van der Waals surface area contributed by atoms with Gasteiger partial charge in [0.05, 0.1) is 17.4 Å². The lowest BCUT2D eigenvalue weighted by atomic mass is 9.97. The van der Waals surface area contributed by atoms with Crippen LogP contribution in [-0.2, 0) is 15.8 Å². The molecule has 9 heteroatoms. The fourth-order valence-corrected chi connectivity index (χ4v) is 3.41. The highest BCUT2D eigenvalue weighted by molar-refractivity contribution is 7.46. The number of fused-ring (bicyclic) bond motifs is 1. The summed E-state index contributed by atoms with van der Waals surface area (Å²) in [6, 6.07) is 14.2. The highest BCUT2D eigenvalue weighted by Gasteiger charge is 2.16. The molecule has 2 aromatic heterocycles. The van der Waals surface area contributed by atoms with Crippen molar-refractivity contribution in [2.24, 2.45) is 0 Å². The summed E-state index contributed by atoms with van der Waals surface area (Å²) in [6.07, 6.45) is 3.29. The zero-order valence-electron chi connectivity index (χ0n) is 15.4. The monoisotopic (exact) mass is 413 g/mol. The largest absolute Gasteiger partial charge is 0.471 e. The van der Waals surface area contributed by atoms with Crippen molar-refractivity contribution in [3.8, 4) is 22.4 Å². The quantitative estimate of drug-likeness (QED) is 0.474. The number of phosphoric ester groups is 1. The normalized spacial score (nSPS) is 11.9. The minimum atomic E-state index is -4.59. The van der Waals surface area contributed by atoms with Crippen molar-refractivity contribution in [3.63, 3.8) is 0 Å². The molecular weight excluding hydrogens is 396 g/mol. The van der Waals surface area contributed by atoms with Crippen molar-refractivity contribution in [3.05, 3.63) is 72.3 Å². The van der Waals surface area contributed by atoms with Gasteiger partial charge in [0.15, 0.2) is 6.73 Å². The van der Waals surface area contributed by atoms with Crippen molar-refractivity contribution in [1.29, 1.82) is 0 Å². The lowest BCUT2D eigenvalue weighted by Gasteiger charge is -2.11. The highest BCUT2D eigenvalue weighted by atomic mass is 31.2. The topological polar surface area (TPSA) is 97.5 Å². The van der Waals surface area contributed by atoms with Crippen LogP contribution >= 0.6 is 7.82 Å². The minimum Gasteiger partial charge on any atom is -0.303 e. The van der Waals surface area contributed by atoms with E-state index in [-0.39, 0.29) is 12.5 Å². The number of nitrogens with zero attached hydrogens (tertiary/aromatic N) is 3. The molecule has 0 aliphatic heterocycles. The summed E-state index contributed by atoms with van der Waals surface area (Å²) in [5, 5.41) is 4.91. The Labute approximate surface area is 165 Å². The SMILES string of the molecule is Cc1cc(-c2ncccc2-c2ccc3c(cnn3COP(=O)(O)O)c2)ccc1F. The van der Waals surface area contributed by atoms with Crippen LogP contribution in [-0.4, -0.2) is 24.6 Å². The van der Waals surface area contributed by atoms with E-state index in [0.29, 0.717) is 11.1 Å². The van der Waals surface area contributed by atoms with Gasteiger partial charge in [-0.25, -0.2) is 13.6 Å². The lowest BCUT2D eigenvalue weighted by Crippen LogP contribution is -2.02. The van der Waals surface area contributed by atoms with Crippen LogP contribution in [0.2, 0.25) is 0 Å². The van der Waals surface area contributed by atoms with Gasteiger partial charge in [-0.2, -0.15) is 5.10 Å². The van der Waals surface area contributed by atoms with E-state index in [9.17, 15) is 8.96 Å². The standard InChI is InChI=1S/C20H17FN3O4P/c1-13-9-15(4-6-18(13)21)20-17(3-2-8-22-20)14-5-7-19-16(10-14)11-23-24(19)12-28-29(25,26)27/h2-11H,12H2,1H3,(H2,25,26,27). The van der Waals surface area contributed by atoms with Crippen molar-refractivity contribution in [2.45, 2.75) is 13.7 Å². The average molecular weight is 413 g/mol. The van der Waals surface area contributed by atoms with E-state index in [4.69, 9.17) is 9.79 Å². The van der Waals surface area contributed by atoms with Crippen LogP contribution in [0.1, 0.15) is 5.56 Å². The number of hydrogen-bond donors (Lipinski definition) is 2. The number of aromatic nitrogens is 3. The highest BCUT2D eigenvalue weighted by Crippen LogP contribution is 2.37. The minimum absolute atomic E-state index is 0.266. The zero-order chi connectivity index (χ0) is 20.6. The third-order valence-electron chi connectivity index (χ3n) is 4.54. The fourth-order valence-electron chi connectivity index (χ4n) is 3.15. The first-order valence-corrected chi connectivity index (χ1v) is 10.2. The summed E-state index contributed by atoms with van der Waals surface area (Å²) in [5.41, 5.74) is 4.52. The number of benzene rings is 2. The maximum atomic E-state index is 13.7. The second-order valence-corrected chi connectivity index (χ2v) is 7.77. The van der Waals surface area contributed by atoms with Crippen LogP contribution < -0.4 is 0 Å². The first-order chi connectivity index (χ1) is 13.8. The molecule has 0 bridgehead atoms. The Hall–Kier alpha value is -2.90. The predicted molar refractivity (Wildman–Crippen MR) is 106 cm³/mol. The van der Waals surface area contributed by atoms with Crippen LogP contribution in [0.25, 0.3) is 33.3 Å². The molecule has 0 unspecified atom stereocenters. The maximum absolute atomic E-state index is 13.7. The molecule has 0 aliphatic carbocycles. The Morgan fingerprint density at radius 1 is 1.14 bits per heavy atom. The molecule has 7 nitrogen and oxygen atoms in total. The molecule has 0 atom stereocenters. The molecule has 2 aromatic carbocycles. The van der Waals surface area contributed by atoms with Gasteiger partial charge >= 0.3 is 7.82 Å². The molecule has 2 heterocycles. The Kier molecular flexibility index (Phi) is 5.02. The number of aryl methyl sites for hydroxylation is 1. The van der Waals surface area contributed by atoms with Gasteiger partial charge in [0.1, 0.15) is 5.82 Å². The molecule has 4 rings (SSSR count). The zero-order valence-corrected chi connectivity index (χ0v) is 16.3. The Morgan fingerprint density at radius 2 is 1.93 bits per heavy atom. The second-order valence-electron chi connectivity index (χ2n) is 6.53. The van der Waals surface area contributed by atoms with Gasteiger partial charge in [-0.1, -0.05) is 12.1 Å². The molecule has 0 saturated heterocycles. The first-order valence-electron chi connectivity index (χ1n) is 8.69. The van der Waals surface area contributed by atoms with Crippen LogP contribution in [0, 0.1) is 12.7 Å². The molecule has 2 N–H and O–H groups in total. The summed E-state index contributed by atoms with van der Waals surface area (Å²) >= 11 is 0. The van der Waals surface area contributed by atoms with E-state index >= 15 is 0 Å². The first kappa shape index (κ1) is 19.4. The van der Waals surface area contributed by atoms with Crippen molar-refractivity contribution < 1.29 is 23.3 Å². The summed E-state index contributed by atoms with van der Waals surface area (Å²) in [6.45, 7) is 1.35. The van der Waals surface area contributed by atoms with E-state index in [2.05, 4.69) is 14.6 Å². The molecule has 0 saturated carbocycles. The summed E-state index contributed by atoms with van der Waals surface area (Å²) in [5.74, 6) is -0.266. The van der Waals surface area contributed by atoms with Gasteiger partial charge < -0.3 is 9.79 Å². The van der Waals surface area contributed by atoms with E-state index in [1.165, 1.54) is 10.7 Å². The smallest absolute Gasteiger partial charge is 0.303 e. The molecule has 148 valence electrons. The molecule has 4 aromatic rings. The van der Waals surface area contributed by atoms with Gasteiger partial charge in [-0.05, 0) is 54.4 Å². The molecule has 0 fully saturated rings. The second kappa shape index (κ2) is 7.50. The van der Waals surface area contributed by atoms with Gasteiger partial charge in [0.25, 0.3) is 0 Å². The van der Waals surface area contributed by atoms with Crippen molar-refractivity contribution in [2.75, 3.05) is 0 Å². The number of phosphoric acid groups is 1. The van der Waals surface area contributed by atoms with Crippen LogP contribution in [0.5, 0.6) is 0 Å². The number of pyridine rings is 1. The van der Waals surface area contributed by atoms with E-state index < -0.39 is 7.82 Å². The summed E-state index contributed by atoms with van der Waals surface area (Å²) < 4.78 is 30.5. The van der Waals surface area contributed by atoms with Gasteiger partial charge in [0.2, 0.25) is 0 Å². The van der Waals surface area contributed by atoms with Crippen LogP contribution in [0.15, 0.2) is 60.9 Å². The molecular formula is C20H17FN3O4P. The van der Waals surface area contributed by atoms with E-state index in [1.807, 2.05) is 24.3 Å². The number of halogens is 1. The third-order valence-corrected chi connectivity index (χ3v) is 4.99. The predicted octanol–water partition coefficient (Wildman–Crippen LogP) is 4.28. The molecule has 0 spiro atoms. The fraction of sp³-hybridized carbons (Fsp3) is 0.100. The lowest BCUT2D eigenvalue weighted by molar-refractivity contribution is 0.148. The summed E-state index contributed by atoms with van der Waals surface area (Å²) in [7, 11) is -4.59. The molecule has 0 amide bonds. The van der Waals surface area contributed by atoms with Gasteiger partial charge in [0, 0.05) is 22.7 Å². The van der Waals surface area contributed by atoms with Crippen molar-refractivity contribution >= 4 is 18.7 Å². The number of rotatable bonds is 5. The van der Waals surface area contributed by atoms with Crippen LogP contribution in [0.4, 0.5) is 4.39 Å². The van der Waals surface area contributed by atoms with Crippen LogP contribution in [0.3, 0.4) is 0 Å². The molecule has 0 aliphatic rings. The van der Waals surface area contributed by atoms with Gasteiger partial charge in [-0.15, -0.1) is 0 Å². The number of hydrogen-bond acceptors (Lipinski definition) is 4. The Balaban J connectivity index is 1.74. The molecule has 29 heavy (non-hydrogen) atoms. The van der Waals surface area contributed by atoms with E-state index in [1.54, 1.807) is 37.5 Å².